The first-order valence-electron chi connectivity index (χ1n) is 6.02. The summed E-state index contributed by atoms with van der Waals surface area (Å²) in [5.41, 5.74) is -2.26. The maximum absolute atomic E-state index is 12.8. The highest BCUT2D eigenvalue weighted by Crippen LogP contribution is 2.36. The number of alkyl halides is 3. The van der Waals surface area contributed by atoms with Crippen LogP contribution in [0.3, 0.4) is 0 Å². The van der Waals surface area contributed by atoms with Crippen molar-refractivity contribution in [1.29, 1.82) is 0 Å². The highest BCUT2D eigenvalue weighted by Gasteiger charge is 2.41. The van der Waals surface area contributed by atoms with E-state index in [1.54, 1.807) is 0 Å². The van der Waals surface area contributed by atoms with Crippen molar-refractivity contribution in [2.45, 2.75) is 25.6 Å². The Morgan fingerprint density at radius 2 is 1.90 bits per heavy atom. The predicted molar refractivity (Wildman–Crippen MR) is 71.0 cm³/mol. The first-order chi connectivity index (χ1) is 9.52. The third kappa shape index (κ3) is 2.97. The van der Waals surface area contributed by atoms with Gasteiger partial charge in [-0.2, -0.15) is 13.2 Å². The molecular formula is C13H12ClF3N2O2. The van der Waals surface area contributed by atoms with Gasteiger partial charge in [0.25, 0.3) is 5.91 Å². The van der Waals surface area contributed by atoms with Crippen molar-refractivity contribution in [1.82, 2.24) is 5.32 Å². The van der Waals surface area contributed by atoms with Crippen LogP contribution in [0.2, 0.25) is 5.02 Å². The Morgan fingerprint density at radius 1 is 1.29 bits per heavy atom. The predicted octanol–water partition coefficient (Wildman–Crippen LogP) is 2.60. The normalized spacial score (nSPS) is 18.7. The van der Waals surface area contributed by atoms with Crippen LogP contribution in [0, 0.1) is 0 Å². The summed E-state index contributed by atoms with van der Waals surface area (Å²) in [7, 11) is 0. The van der Waals surface area contributed by atoms with Crippen molar-refractivity contribution in [2.24, 2.45) is 0 Å². The minimum Gasteiger partial charge on any atom is -0.341 e. The number of carbonyl (C=O) groups excluding carboxylic acids is 2. The quantitative estimate of drug-likeness (QED) is 0.864. The molecule has 8 heteroatoms. The molecule has 1 heterocycles. The van der Waals surface area contributed by atoms with Crippen molar-refractivity contribution in [3.05, 3.63) is 28.8 Å². The molecule has 0 bridgehead atoms. The van der Waals surface area contributed by atoms with Gasteiger partial charge in [-0.1, -0.05) is 11.6 Å². The highest BCUT2D eigenvalue weighted by molar-refractivity contribution is 6.34. The van der Waals surface area contributed by atoms with Crippen LogP contribution in [0.1, 0.15) is 19.4 Å². The van der Waals surface area contributed by atoms with E-state index >= 15 is 0 Å². The zero-order valence-electron chi connectivity index (χ0n) is 11.2. The van der Waals surface area contributed by atoms with Gasteiger partial charge in [-0.05, 0) is 32.0 Å². The van der Waals surface area contributed by atoms with E-state index in [-0.39, 0.29) is 17.3 Å². The van der Waals surface area contributed by atoms with Gasteiger partial charge in [0.2, 0.25) is 5.91 Å². The summed E-state index contributed by atoms with van der Waals surface area (Å²) in [6.45, 7) is 2.57. The van der Waals surface area contributed by atoms with Gasteiger partial charge in [0.05, 0.1) is 16.3 Å². The maximum atomic E-state index is 12.8. The third-order valence-electron chi connectivity index (χ3n) is 3.10. The van der Waals surface area contributed by atoms with Crippen LogP contribution in [-0.2, 0) is 15.8 Å². The van der Waals surface area contributed by atoms with Gasteiger partial charge in [0.15, 0.2) is 0 Å². The molecule has 0 spiro atoms. The maximum Gasteiger partial charge on any atom is 0.416 e. The summed E-state index contributed by atoms with van der Waals surface area (Å²) in [5.74, 6) is -0.989. The lowest BCUT2D eigenvalue weighted by atomic mass is 9.99. The fraction of sp³-hybridized carbons (Fsp3) is 0.385. The molecule has 1 aromatic rings. The summed E-state index contributed by atoms with van der Waals surface area (Å²) >= 11 is 5.89. The van der Waals surface area contributed by atoms with E-state index < -0.39 is 29.1 Å². The fourth-order valence-corrected chi connectivity index (χ4v) is 2.30. The average Bonchev–Trinajstić information content (AvgIpc) is 2.32. The van der Waals surface area contributed by atoms with Crippen molar-refractivity contribution >= 4 is 29.1 Å². The summed E-state index contributed by atoms with van der Waals surface area (Å²) in [6.07, 6.45) is -4.56. The van der Waals surface area contributed by atoms with Gasteiger partial charge in [0.1, 0.15) is 12.1 Å². The lowest BCUT2D eigenvalue weighted by Crippen LogP contribution is -2.64. The summed E-state index contributed by atoms with van der Waals surface area (Å²) in [4.78, 5) is 24.9. The Bertz CT molecular complexity index is 614. The molecule has 2 rings (SSSR count). The molecule has 1 saturated heterocycles. The van der Waals surface area contributed by atoms with E-state index in [0.29, 0.717) is 0 Å². The standard InChI is InChI=1S/C13H12ClF3N2O2/c1-12(2)11(21)19(6-10(20)18-12)9-5-7(13(15,16)17)3-4-8(9)14/h3-5H,6H2,1-2H3,(H,18,20). The molecule has 1 aliphatic heterocycles. The van der Waals surface area contributed by atoms with Crippen LogP contribution in [-0.4, -0.2) is 23.9 Å². The molecule has 1 aliphatic rings. The third-order valence-corrected chi connectivity index (χ3v) is 3.42. The molecule has 4 nitrogen and oxygen atoms in total. The molecule has 0 aromatic heterocycles. The lowest BCUT2D eigenvalue weighted by molar-refractivity contribution is -0.137. The Labute approximate surface area is 123 Å². The van der Waals surface area contributed by atoms with Crippen LogP contribution in [0.25, 0.3) is 0 Å². The van der Waals surface area contributed by atoms with Gasteiger partial charge < -0.3 is 5.32 Å². The smallest absolute Gasteiger partial charge is 0.341 e. The second kappa shape index (κ2) is 4.91. The monoisotopic (exact) mass is 320 g/mol. The van der Waals surface area contributed by atoms with E-state index in [4.69, 9.17) is 11.6 Å². The molecule has 0 radical (unpaired) electrons. The first kappa shape index (κ1) is 15.6. The van der Waals surface area contributed by atoms with E-state index in [0.717, 1.165) is 23.1 Å². The number of carbonyl (C=O) groups is 2. The Hall–Kier alpha value is -1.76. The van der Waals surface area contributed by atoms with Crippen LogP contribution < -0.4 is 10.2 Å². The second-order valence-electron chi connectivity index (χ2n) is 5.23. The van der Waals surface area contributed by atoms with E-state index in [1.807, 2.05) is 0 Å². The van der Waals surface area contributed by atoms with Crippen molar-refractivity contribution < 1.29 is 22.8 Å². The van der Waals surface area contributed by atoms with Gasteiger partial charge in [-0.3, -0.25) is 14.5 Å². The van der Waals surface area contributed by atoms with E-state index in [2.05, 4.69) is 5.32 Å². The first-order valence-corrected chi connectivity index (χ1v) is 6.40. The number of nitrogens with zero attached hydrogens (tertiary/aromatic N) is 1. The Morgan fingerprint density at radius 3 is 2.48 bits per heavy atom. The molecule has 0 unspecified atom stereocenters. The largest absolute Gasteiger partial charge is 0.416 e. The molecule has 0 aliphatic carbocycles. The van der Waals surface area contributed by atoms with Gasteiger partial charge >= 0.3 is 6.18 Å². The molecule has 2 amide bonds. The fourth-order valence-electron chi connectivity index (χ4n) is 2.08. The number of anilines is 1. The second-order valence-corrected chi connectivity index (χ2v) is 5.64. The van der Waals surface area contributed by atoms with E-state index in [1.165, 1.54) is 13.8 Å². The van der Waals surface area contributed by atoms with E-state index in [9.17, 15) is 22.8 Å². The number of halogens is 4. The number of nitrogens with one attached hydrogen (secondary N) is 1. The van der Waals surface area contributed by atoms with Crippen LogP contribution >= 0.6 is 11.6 Å². The number of piperazine rings is 1. The molecular weight excluding hydrogens is 309 g/mol. The summed E-state index contributed by atoms with van der Waals surface area (Å²) in [6, 6.07) is 2.66. The van der Waals surface area contributed by atoms with Gasteiger partial charge in [-0.15, -0.1) is 0 Å². The molecule has 21 heavy (non-hydrogen) atoms. The van der Waals surface area contributed by atoms with Gasteiger partial charge in [0, 0.05) is 0 Å². The molecule has 1 aromatic carbocycles. The van der Waals surface area contributed by atoms with Crippen molar-refractivity contribution in [3.8, 4) is 0 Å². The molecule has 0 saturated carbocycles. The Balaban J connectivity index is 2.50. The number of hydrogen-bond acceptors (Lipinski definition) is 2. The zero-order chi connectivity index (χ0) is 16.0. The molecule has 0 atom stereocenters. The zero-order valence-corrected chi connectivity index (χ0v) is 12.0. The Kier molecular flexibility index (Phi) is 3.65. The summed E-state index contributed by atoms with van der Waals surface area (Å²) in [5, 5.41) is 2.45. The molecule has 114 valence electrons. The molecule has 1 N–H and O–H groups in total. The van der Waals surface area contributed by atoms with Crippen LogP contribution in [0.4, 0.5) is 18.9 Å². The van der Waals surface area contributed by atoms with Crippen LogP contribution in [0.15, 0.2) is 18.2 Å². The summed E-state index contributed by atoms with van der Waals surface area (Å²) < 4.78 is 38.3. The number of amides is 2. The minimum absolute atomic E-state index is 0.0261. The SMILES string of the molecule is CC1(C)NC(=O)CN(c2cc(C(F)(F)F)ccc2Cl)C1=O. The molecule has 1 fully saturated rings. The van der Waals surface area contributed by atoms with Crippen LogP contribution in [0.5, 0.6) is 0 Å². The number of hydrogen-bond donors (Lipinski definition) is 1. The number of benzene rings is 1. The lowest BCUT2D eigenvalue weighted by Gasteiger charge is -2.37. The number of rotatable bonds is 1. The van der Waals surface area contributed by atoms with Gasteiger partial charge in [-0.25, -0.2) is 0 Å². The minimum atomic E-state index is -4.56. The van der Waals surface area contributed by atoms with Crippen molar-refractivity contribution in [2.75, 3.05) is 11.4 Å². The highest BCUT2D eigenvalue weighted by atomic mass is 35.5. The van der Waals surface area contributed by atoms with Crippen molar-refractivity contribution in [3.63, 3.8) is 0 Å². The topological polar surface area (TPSA) is 49.4 Å². The average molecular weight is 321 g/mol.